The Morgan fingerprint density at radius 3 is 2.50 bits per heavy atom. The zero-order valence-electron chi connectivity index (χ0n) is 13.4. The Morgan fingerprint density at radius 2 is 1.95 bits per heavy atom. The summed E-state index contributed by atoms with van der Waals surface area (Å²) in [5, 5.41) is 3.17. The fraction of sp³-hybridized carbons (Fsp3) is 0.562. The lowest BCUT2D eigenvalue weighted by Gasteiger charge is -2.32. The van der Waals surface area contributed by atoms with Gasteiger partial charge in [0.05, 0.1) is 4.90 Å². The molecule has 1 aromatic rings. The molecule has 0 aromatic heterocycles. The van der Waals surface area contributed by atoms with E-state index in [4.69, 9.17) is 0 Å². The summed E-state index contributed by atoms with van der Waals surface area (Å²) in [7, 11) is -1.37. The molecule has 1 heterocycles. The highest BCUT2D eigenvalue weighted by atomic mass is 32.2. The summed E-state index contributed by atoms with van der Waals surface area (Å²) in [4.78, 5) is 14.6. The van der Waals surface area contributed by atoms with Gasteiger partial charge in [0.15, 0.2) is 9.84 Å². The average molecular weight is 324 g/mol. The monoisotopic (exact) mass is 324 g/mol. The second kappa shape index (κ2) is 6.79. The SMILES string of the molecule is CNCC1CCN(C(=O)c2ccc(C)c(S(C)(=O)=O)c2)CC1. The van der Waals surface area contributed by atoms with Crippen LogP contribution in [0.3, 0.4) is 0 Å². The number of amides is 1. The lowest BCUT2D eigenvalue weighted by Crippen LogP contribution is -2.40. The standard InChI is InChI=1S/C16H24N2O3S/c1-12-4-5-14(10-15(12)22(3,20)21)16(19)18-8-6-13(7-9-18)11-17-2/h4-5,10,13,17H,6-9,11H2,1-3H3. The van der Waals surface area contributed by atoms with E-state index in [0.717, 1.165) is 32.5 Å². The van der Waals surface area contributed by atoms with Crippen molar-refractivity contribution in [3.05, 3.63) is 29.3 Å². The van der Waals surface area contributed by atoms with Crippen molar-refractivity contribution < 1.29 is 13.2 Å². The average Bonchev–Trinajstić information content (AvgIpc) is 2.47. The lowest BCUT2D eigenvalue weighted by atomic mass is 9.96. The Morgan fingerprint density at radius 1 is 1.32 bits per heavy atom. The molecule has 1 saturated heterocycles. The van der Waals surface area contributed by atoms with E-state index in [1.54, 1.807) is 19.1 Å². The second-order valence-corrected chi connectivity index (χ2v) is 8.03. The molecular formula is C16H24N2O3S. The third kappa shape index (κ3) is 3.87. The minimum Gasteiger partial charge on any atom is -0.339 e. The van der Waals surface area contributed by atoms with Gasteiger partial charge in [0, 0.05) is 24.9 Å². The minimum atomic E-state index is -3.32. The molecule has 22 heavy (non-hydrogen) atoms. The van der Waals surface area contributed by atoms with E-state index in [1.165, 1.54) is 12.3 Å². The van der Waals surface area contributed by atoms with Crippen molar-refractivity contribution in [3.8, 4) is 0 Å². The number of hydrogen-bond acceptors (Lipinski definition) is 4. The maximum absolute atomic E-state index is 12.6. The fourth-order valence-corrected chi connectivity index (χ4v) is 3.94. The van der Waals surface area contributed by atoms with Crippen LogP contribution >= 0.6 is 0 Å². The van der Waals surface area contributed by atoms with Crippen LogP contribution in [0.25, 0.3) is 0 Å². The summed E-state index contributed by atoms with van der Waals surface area (Å²) < 4.78 is 23.6. The number of rotatable bonds is 4. The van der Waals surface area contributed by atoms with Gasteiger partial charge in [-0.2, -0.15) is 0 Å². The van der Waals surface area contributed by atoms with E-state index < -0.39 is 9.84 Å². The molecule has 2 rings (SSSR count). The van der Waals surface area contributed by atoms with Crippen LogP contribution in [0.4, 0.5) is 0 Å². The van der Waals surface area contributed by atoms with Gasteiger partial charge < -0.3 is 10.2 Å². The molecule has 0 unspecified atom stereocenters. The molecule has 1 amide bonds. The van der Waals surface area contributed by atoms with Gasteiger partial charge in [-0.15, -0.1) is 0 Å². The molecular weight excluding hydrogens is 300 g/mol. The Bertz CT molecular complexity index is 647. The molecule has 0 radical (unpaired) electrons. The van der Waals surface area contributed by atoms with Crippen LogP contribution < -0.4 is 5.32 Å². The lowest BCUT2D eigenvalue weighted by molar-refractivity contribution is 0.0690. The Balaban J connectivity index is 2.14. The predicted octanol–water partition coefficient (Wildman–Crippen LogP) is 1.47. The van der Waals surface area contributed by atoms with Crippen LogP contribution in [-0.4, -0.2) is 52.2 Å². The highest BCUT2D eigenvalue weighted by Crippen LogP contribution is 2.21. The summed E-state index contributed by atoms with van der Waals surface area (Å²) in [6.07, 6.45) is 3.14. The van der Waals surface area contributed by atoms with Gasteiger partial charge in [0.2, 0.25) is 0 Å². The topological polar surface area (TPSA) is 66.5 Å². The summed E-state index contributed by atoms with van der Waals surface area (Å²) in [5.74, 6) is 0.534. The molecule has 1 fully saturated rings. The van der Waals surface area contributed by atoms with Crippen molar-refractivity contribution >= 4 is 15.7 Å². The number of carbonyl (C=O) groups is 1. The Hall–Kier alpha value is -1.40. The van der Waals surface area contributed by atoms with Crippen LogP contribution in [0.15, 0.2) is 23.1 Å². The number of aryl methyl sites for hydroxylation is 1. The molecule has 0 spiro atoms. The molecule has 0 aliphatic carbocycles. The van der Waals surface area contributed by atoms with Gasteiger partial charge in [-0.05, 0) is 57.0 Å². The fourth-order valence-electron chi connectivity index (χ4n) is 2.94. The molecule has 1 aliphatic rings. The molecule has 0 bridgehead atoms. The van der Waals surface area contributed by atoms with Gasteiger partial charge >= 0.3 is 0 Å². The summed E-state index contributed by atoms with van der Waals surface area (Å²) in [5.41, 5.74) is 1.13. The first-order chi connectivity index (χ1) is 10.3. The zero-order chi connectivity index (χ0) is 16.3. The minimum absolute atomic E-state index is 0.0761. The van der Waals surface area contributed by atoms with E-state index in [2.05, 4.69) is 5.32 Å². The number of sulfone groups is 1. The van der Waals surface area contributed by atoms with Gasteiger partial charge in [-0.25, -0.2) is 8.42 Å². The van der Waals surface area contributed by atoms with Crippen molar-refractivity contribution in [1.29, 1.82) is 0 Å². The van der Waals surface area contributed by atoms with Crippen LogP contribution in [0, 0.1) is 12.8 Å². The van der Waals surface area contributed by atoms with E-state index in [0.29, 0.717) is 17.0 Å². The molecule has 1 aliphatic heterocycles. The molecule has 6 heteroatoms. The van der Waals surface area contributed by atoms with Crippen molar-refractivity contribution in [2.24, 2.45) is 5.92 Å². The van der Waals surface area contributed by atoms with E-state index in [-0.39, 0.29) is 10.8 Å². The predicted molar refractivity (Wildman–Crippen MR) is 86.8 cm³/mol. The number of nitrogens with one attached hydrogen (secondary N) is 1. The largest absolute Gasteiger partial charge is 0.339 e. The van der Waals surface area contributed by atoms with Gasteiger partial charge in [0.25, 0.3) is 5.91 Å². The first kappa shape index (κ1) is 17.0. The molecule has 5 nitrogen and oxygen atoms in total. The quantitative estimate of drug-likeness (QED) is 0.911. The van der Waals surface area contributed by atoms with Crippen molar-refractivity contribution in [1.82, 2.24) is 10.2 Å². The number of hydrogen-bond donors (Lipinski definition) is 1. The zero-order valence-corrected chi connectivity index (χ0v) is 14.2. The Kier molecular flexibility index (Phi) is 5.24. The number of benzene rings is 1. The summed E-state index contributed by atoms with van der Waals surface area (Å²) >= 11 is 0. The van der Waals surface area contributed by atoms with Gasteiger partial charge in [0.1, 0.15) is 0 Å². The molecule has 1 aromatic carbocycles. The van der Waals surface area contributed by atoms with Crippen LogP contribution in [0.1, 0.15) is 28.8 Å². The smallest absolute Gasteiger partial charge is 0.253 e. The molecule has 1 N–H and O–H groups in total. The van der Waals surface area contributed by atoms with Crippen LogP contribution in [0.5, 0.6) is 0 Å². The molecule has 0 atom stereocenters. The van der Waals surface area contributed by atoms with Crippen LogP contribution in [0.2, 0.25) is 0 Å². The highest BCUT2D eigenvalue weighted by Gasteiger charge is 2.24. The second-order valence-electron chi connectivity index (χ2n) is 6.05. The highest BCUT2D eigenvalue weighted by molar-refractivity contribution is 7.90. The Labute approximate surface area is 132 Å². The number of piperidine rings is 1. The van der Waals surface area contributed by atoms with E-state index in [1.807, 2.05) is 11.9 Å². The number of likely N-dealkylation sites (tertiary alicyclic amines) is 1. The first-order valence-electron chi connectivity index (χ1n) is 7.57. The van der Waals surface area contributed by atoms with Crippen molar-refractivity contribution in [2.75, 3.05) is 32.9 Å². The number of carbonyl (C=O) groups excluding carboxylic acids is 1. The first-order valence-corrected chi connectivity index (χ1v) is 9.46. The summed E-state index contributed by atoms with van der Waals surface area (Å²) in [6.45, 7) is 4.18. The maximum Gasteiger partial charge on any atom is 0.253 e. The third-order valence-corrected chi connectivity index (χ3v) is 5.47. The van der Waals surface area contributed by atoms with E-state index >= 15 is 0 Å². The van der Waals surface area contributed by atoms with Crippen LogP contribution in [-0.2, 0) is 9.84 Å². The molecule has 0 saturated carbocycles. The third-order valence-electron chi connectivity index (χ3n) is 4.23. The van der Waals surface area contributed by atoms with Gasteiger partial charge in [-0.1, -0.05) is 6.07 Å². The maximum atomic E-state index is 12.6. The number of nitrogens with zero attached hydrogens (tertiary/aromatic N) is 1. The molecule has 122 valence electrons. The van der Waals surface area contributed by atoms with Crippen molar-refractivity contribution in [3.63, 3.8) is 0 Å². The summed E-state index contributed by atoms with van der Waals surface area (Å²) in [6, 6.07) is 4.93. The van der Waals surface area contributed by atoms with Crippen molar-refractivity contribution in [2.45, 2.75) is 24.7 Å². The van der Waals surface area contributed by atoms with E-state index in [9.17, 15) is 13.2 Å². The normalized spacial score (nSPS) is 16.8. The van der Waals surface area contributed by atoms with Gasteiger partial charge in [-0.3, -0.25) is 4.79 Å².